The molecule has 0 aliphatic rings. The monoisotopic (exact) mass is 304 g/mol. The average Bonchev–Trinajstić information content (AvgIpc) is 2.50. The number of rotatable bonds is 6. The van der Waals surface area contributed by atoms with Crippen molar-refractivity contribution >= 4 is 23.5 Å². The minimum absolute atomic E-state index is 0.252. The predicted molar refractivity (Wildman–Crippen MR) is 84.6 cm³/mol. The highest BCUT2D eigenvalue weighted by atomic mass is 32.2. The highest BCUT2D eigenvalue weighted by Gasteiger charge is 2.03. The molecule has 0 spiro atoms. The molecule has 1 aromatic carbocycles. The number of hydrogen-bond donors (Lipinski definition) is 1. The number of nitrogens with one attached hydrogen (secondary N) is 1. The molecule has 0 aliphatic carbocycles. The molecule has 110 valence electrons. The number of thioether (sulfide) groups is 1. The highest BCUT2D eigenvalue weighted by Crippen LogP contribution is 2.15. The van der Waals surface area contributed by atoms with Crippen LogP contribution in [0, 0.1) is 12.7 Å². The number of hydrogen-bond acceptors (Lipinski definition) is 5. The second kappa shape index (κ2) is 7.73. The summed E-state index contributed by atoms with van der Waals surface area (Å²) in [7, 11) is 0. The molecule has 0 atom stereocenters. The second-order valence-electron chi connectivity index (χ2n) is 4.40. The van der Waals surface area contributed by atoms with E-state index < -0.39 is 0 Å². The number of nitrogens with zero attached hydrogens (tertiary/aromatic N) is 3. The third-order valence-electron chi connectivity index (χ3n) is 2.64. The quantitative estimate of drug-likeness (QED) is 0.820. The molecule has 1 aromatic heterocycles. The lowest BCUT2D eigenvalue weighted by Gasteiger charge is -2.03. The molecule has 2 aromatic rings. The maximum atomic E-state index is 12.8. The normalized spacial score (nSPS) is 11.0. The molecule has 0 amide bonds. The fraction of sp³-hybridized carbons (Fsp3) is 0.267. The van der Waals surface area contributed by atoms with Crippen LogP contribution in [0.15, 0.2) is 35.6 Å². The molecule has 0 unspecified atom stereocenters. The van der Waals surface area contributed by atoms with E-state index in [2.05, 4.69) is 27.4 Å². The van der Waals surface area contributed by atoms with Gasteiger partial charge in [-0.2, -0.15) is 5.10 Å². The average molecular weight is 304 g/mol. The van der Waals surface area contributed by atoms with Gasteiger partial charge in [0, 0.05) is 17.6 Å². The van der Waals surface area contributed by atoms with Crippen LogP contribution < -0.4 is 5.32 Å². The zero-order valence-corrected chi connectivity index (χ0v) is 12.8. The van der Waals surface area contributed by atoms with Crippen LogP contribution in [-0.2, 0) is 0 Å². The Morgan fingerprint density at radius 3 is 2.71 bits per heavy atom. The Kier molecular flexibility index (Phi) is 5.68. The first-order valence-corrected chi connectivity index (χ1v) is 7.70. The fourth-order valence-corrected chi connectivity index (χ4v) is 2.20. The molecule has 6 heteroatoms. The largest absolute Gasteiger partial charge is 0.362 e. The van der Waals surface area contributed by atoms with E-state index in [-0.39, 0.29) is 5.82 Å². The van der Waals surface area contributed by atoms with Gasteiger partial charge in [0.25, 0.3) is 0 Å². The van der Waals surface area contributed by atoms with Gasteiger partial charge >= 0.3 is 0 Å². The maximum absolute atomic E-state index is 12.8. The molecule has 0 saturated carbocycles. The van der Waals surface area contributed by atoms with Gasteiger partial charge in [0.15, 0.2) is 0 Å². The van der Waals surface area contributed by atoms with E-state index in [0.29, 0.717) is 5.16 Å². The summed E-state index contributed by atoms with van der Waals surface area (Å²) < 4.78 is 12.8. The summed E-state index contributed by atoms with van der Waals surface area (Å²) >= 11 is 1.59. The molecule has 0 aliphatic heterocycles. The number of aryl methyl sites for hydroxylation is 1. The molecule has 0 radical (unpaired) electrons. The van der Waals surface area contributed by atoms with E-state index >= 15 is 0 Å². The van der Waals surface area contributed by atoms with Crippen LogP contribution in [-0.4, -0.2) is 20.9 Å². The van der Waals surface area contributed by atoms with Crippen molar-refractivity contribution in [2.75, 3.05) is 11.1 Å². The SMILES string of the molecule is CCCSc1nnc(C)c(/C=C/Nc2ccc(F)cc2)n1. The summed E-state index contributed by atoms with van der Waals surface area (Å²) in [5.41, 5.74) is 2.36. The predicted octanol–water partition coefficient (Wildman–Crippen LogP) is 3.90. The zero-order chi connectivity index (χ0) is 15.1. The van der Waals surface area contributed by atoms with Gasteiger partial charge in [-0.05, 0) is 43.7 Å². The number of anilines is 1. The van der Waals surface area contributed by atoms with Crippen molar-refractivity contribution in [2.45, 2.75) is 25.4 Å². The molecule has 0 bridgehead atoms. The Labute approximate surface area is 127 Å². The van der Waals surface area contributed by atoms with E-state index in [4.69, 9.17) is 0 Å². The smallest absolute Gasteiger partial charge is 0.209 e. The number of halogens is 1. The first-order valence-electron chi connectivity index (χ1n) is 6.72. The molecule has 21 heavy (non-hydrogen) atoms. The van der Waals surface area contributed by atoms with Crippen LogP contribution in [0.5, 0.6) is 0 Å². The van der Waals surface area contributed by atoms with Gasteiger partial charge in [-0.15, -0.1) is 5.10 Å². The van der Waals surface area contributed by atoms with Gasteiger partial charge in [-0.25, -0.2) is 9.37 Å². The lowest BCUT2D eigenvalue weighted by atomic mass is 10.3. The van der Waals surface area contributed by atoms with Crippen LogP contribution in [0.1, 0.15) is 24.7 Å². The molecule has 2 rings (SSSR count). The Hall–Kier alpha value is -1.95. The van der Waals surface area contributed by atoms with Crippen LogP contribution >= 0.6 is 11.8 Å². The minimum atomic E-state index is -0.252. The summed E-state index contributed by atoms with van der Waals surface area (Å²) in [5, 5.41) is 11.9. The summed E-state index contributed by atoms with van der Waals surface area (Å²) in [6.45, 7) is 3.98. The van der Waals surface area contributed by atoms with Crippen molar-refractivity contribution in [2.24, 2.45) is 0 Å². The van der Waals surface area contributed by atoms with Gasteiger partial charge < -0.3 is 5.32 Å². The van der Waals surface area contributed by atoms with Crippen molar-refractivity contribution < 1.29 is 4.39 Å². The van der Waals surface area contributed by atoms with Crippen LogP contribution in [0.2, 0.25) is 0 Å². The Morgan fingerprint density at radius 2 is 2.00 bits per heavy atom. The lowest BCUT2D eigenvalue weighted by molar-refractivity contribution is 0.628. The van der Waals surface area contributed by atoms with Crippen molar-refractivity contribution in [1.82, 2.24) is 15.2 Å². The van der Waals surface area contributed by atoms with Gasteiger partial charge in [0.2, 0.25) is 5.16 Å². The molecule has 1 N–H and O–H groups in total. The van der Waals surface area contributed by atoms with Gasteiger partial charge in [0.1, 0.15) is 5.82 Å². The molecule has 0 saturated heterocycles. The van der Waals surface area contributed by atoms with E-state index in [9.17, 15) is 4.39 Å². The van der Waals surface area contributed by atoms with Crippen molar-refractivity contribution in [1.29, 1.82) is 0 Å². The summed E-state index contributed by atoms with van der Waals surface area (Å²) in [5.74, 6) is 0.722. The fourth-order valence-electron chi connectivity index (χ4n) is 1.55. The van der Waals surface area contributed by atoms with Crippen LogP contribution in [0.25, 0.3) is 6.08 Å². The van der Waals surface area contributed by atoms with Crippen molar-refractivity contribution in [3.05, 3.63) is 47.7 Å². The summed E-state index contributed by atoms with van der Waals surface area (Å²) in [6.07, 6.45) is 4.67. The third kappa shape index (κ3) is 4.82. The Bertz CT molecular complexity index is 614. The van der Waals surface area contributed by atoms with Gasteiger partial charge in [-0.1, -0.05) is 18.7 Å². The topological polar surface area (TPSA) is 50.7 Å². The summed E-state index contributed by atoms with van der Waals surface area (Å²) in [6, 6.07) is 6.17. The Morgan fingerprint density at radius 1 is 1.24 bits per heavy atom. The number of benzene rings is 1. The van der Waals surface area contributed by atoms with Gasteiger partial charge in [-0.3, -0.25) is 0 Å². The van der Waals surface area contributed by atoms with E-state index in [1.54, 1.807) is 30.1 Å². The van der Waals surface area contributed by atoms with E-state index in [0.717, 1.165) is 29.2 Å². The van der Waals surface area contributed by atoms with E-state index in [1.807, 2.05) is 13.0 Å². The lowest BCUT2D eigenvalue weighted by Crippen LogP contribution is -1.99. The maximum Gasteiger partial charge on any atom is 0.209 e. The van der Waals surface area contributed by atoms with Crippen molar-refractivity contribution in [3.63, 3.8) is 0 Å². The van der Waals surface area contributed by atoms with Crippen LogP contribution in [0.4, 0.5) is 10.1 Å². The molecular formula is C15H17FN4S. The highest BCUT2D eigenvalue weighted by molar-refractivity contribution is 7.99. The standard InChI is InChI=1S/C15H17FN4S/c1-3-10-21-15-18-14(11(2)19-20-15)8-9-17-13-6-4-12(16)5-7-13/h4-9,17H,3,10H2,1-2H3/b9-8+. The number of aromatic nitrogens is 3. The minimum Gasteiger partial charge on any atom is -0.362 e. The summed E-state index contributed by atoms with van der Waals surface area (Å²) in [4.78, 5) is 4.46. The third-order valence-corrected chi connectivity index (χ3v) is 3.69. The second-order valence-corrected chi connectivity index (χ2v) is 5.46. The van der Waals surface area contributed by atoms with Crippen LogP contribution in [0.3, 0.4) is 0 Å². The molecule has 0 fully saturated rings. The Balaban J connectivity index is 2.03. The van der Waals surface area contributed by atoms with Gasteiger partial charge in [0.05, 0.1) is 11.4 Å². The van der Waals surface area contributed by atoms with E-state index in [1.165, 1.54) is 12.1 Å². The molecular weight excluding hydrogens is 287 g/mol. The first kappa shape index (κ1) is 15.4. The zero-order valence-electron chi connectivity index (χ0n) is 12.0. The van der Waals surface area contributed by atoms with Crippen molar-refractivity contribution in [3.8, 4) is 0 Å². The first-order chi connectivity index (χ1) is 10.2. The molecule has 4 nitrogen and oxygen atoms in total. The molecule has 1 heterocycles.